The Bertz CT molecular complexity index is 590. The summed E-state index contributed by atoms with van der Waals surface area (Å²) in [6, 6.07) is 5.50. The number of rotatable bonds is 2. The van der Waals surface area contributed by atoms with Crippen LogP contribution in [-0.2, 0) is 11.2 Å². The zero-order valence-electron chi connectivity index (χ0n) is 11.5. The monoisotopic (exact) mass is 291 g/mol. The summed E-state index contributed by atoms with van der Waals surface area (Å²) < 4.78 is 5.53. The normalized spacial score (nSPS) is 19.8. The van der Waals surface area contributed by atoms with Crippen LogP contribution in [0, 0.1) is 0 Å². The van der Waals surface area contributed by atoms with Gasteiger partial charge in [-0.05, 0) is 11.6 Å². The molecule has 1 amide bonds. The van der Waals surface area contributed by atoms with Crippen LogP contribution in [-0.4, -0.2) is 52.3 Å². The van der Waals surface area contributed by atoms with Gasteiger partial charge in [0.05, 0.1) is 12.2 Å². The van der Waals surface area contributed by atoms with E-state index in [-0.39, 0.29) is 31.8 Å². The number of nitrogens with zero attached hydrogens (tertiary/aromatic N) is 1. The van der Waals surface area contributed by atoms with E-state index < -0.39 is 11.6 Å². The molecule has 6 nitrogen and oxygen atoms in total. The maximum absolute atomic E-state index is 12.6. The third kappa shape index (κ3) is 2.35. The van der Waals surface area contributed by atoms with Crippen LogP contribution in [0.2, 0.25) is 0 Å². The first-order valence-electron chi connectivity index (χ1n) is 7.01. The highest BCUT2D eigenvalue weighted by atomic mass is 16.5. The van der Waals surface area contributed by atoms with E-state index in [1.807, 2.05) is 12.1 Å². The van der Waals surface area contributed by atoms with E-state index in [0.29, 0.717) is 17.9 Å². The van der Waals surface area contributed by atoms with Crippen molar-refractivity contribution in [2.75, 3.05) is 19.7 Å². The Labute approximate surface area is 121 Å². The Morgan fingerprint density at radius 3 is 2.62 bits per heavy atom. The van der Waals surface area contributed by atoms with E-state index in [4.69, 9.17) is 9.84 Å². The number of hydrogen-bond donors (Lipinski definition) is 2. The van der Waals surface area contributed by atoms with Crippen molar-refractivity contribution in [2.24, 2.45) is 0 Å². The van der Waals surface area contributed by atoms with Crippen molar-refractivity contribution in [3.05, 3.63) is 29.3 Å². The van der Waals surface area contributed by atoms with E-state index in [1.54, 1.807) is 11.0 Å². The number of fused-ring (bicyclic) bond motifs is 1. The molecule has 3 rings (SSSR count). The lowest BCUT2D eigenvalue weighted by Gasteiger charge is -2.35. The summed E-state index contributed by atoms with van der Waals surface area (Å²) in [5.41, 5.74) is -0.169. The fourth-order valence-electron chi connectivity index (χ4n) is 2.85. The van der Waals surface area contributed by atoms with Crippen LogP contribution >= 0.6 is 0 Å². The van der Waals surface area contributed by atoms with Gasteiger partial charge in [0.2, 0.25) is 0 Å². The second kappa shape index (κ2) is 5.04. The van der Waals surface area contributed by atoms with Crippen molar-refractivity contribution < 1.29 is 24.5 Å². The largest absolute Gasteiger partial charge is 0.492 e. The summed E-state index contributed by atoms with van der Waals surface area (Å²) in [7, 11) is 0. The molecule has 0 unspecified atom stereocenters. The molecule has 1 fully saturated rings. The molecule has 1 aromatic rings. The average Bonchev–Trinajstić information content (AvgIpc) is 2.95. The number of carbonyl (C=O) groups excluding carboxylic acids is 1. The first-order chi connectivity index (χ1) is 10.0. The van der Waals surface area contributed by atoms with Gasteiger partial charge in [0, 0.05) is 32.4 Å². The highest BCUT2D eigenvalue weighted by molar-refractivity contribution is 5.97. The number of carboxylic acid groups (broad SMARTS) is 1. The summed E-state index contributed by atoms with van der Waals surface area (Å²) in [5, 5.41) is 18.9. The second-order valence-corrected chi connectivity index (χ2v) is 5.52. The second-order valence-electron chi connectivity index (χ2n) is 5.52. The molecule has 0 spiro atoms. The van der Waals surface area contributed by atoms with Gasteiger partial charge < -0.3 is 19.8 Å². The highest BCUT2D eigenvalue weighted by Gasteiger charge is 2.41. The molecule has 1 saturated heterocycles. The van der Waals surface area contributed by atoms with E-state index in [2.05, 4.69) is 0 Å². The number of piperidine rings is 1. The zero-order valence-corrected chi connectivity index (χ0v) is 11.5. The number of hydrogen-bond acceptors (Lipinski definition) is 4. The van der Waals surface area contributed by atoms with Gasteiger partial charge in [-0.2, -0.15) is 0 Å². The van der Waals surface area contributed by atoms with E-state index in [1.165, 1.54) is 0 Å². The number of benzene rings is 1. The Balaban J connectivity index is 1.76. The number of amides is 1. The summed E-state index contributed by atoms with van der Waals surface area (Å²) in [4.78, 5) is 25.1. The third-order valence-corrected chi connectivity index (χ3v) is 4.22. The molecule has 2 aliphatic heterocycles. The topological polar surface area (TPSA) is 87.1 Å². The summed E-state index contributed by atoms with van der Waals surface area (Å²) in [5.74, 6) is -0.749. The molecule has 0 atom stereocenters. The number of aliphatic carboxylic acids is 1. The number of aliphatic hydroxyl groups is 1. The fraction of sp³-hybridized carbons (Fsp3) is 0.467. The maximum atomic E-state index is 12.6. The van der Waals surface area contributed by atoms with Crippen molar-refractivity contribution in [3.63, 3.8) is 0 Å². The molecule has 0 aromatic heterocycles. The van der Waals surface area contributed by atoms with Gasteiger partial charge in [0.15, 0.2) is 5.60 Å². The Hall–Kier alpha value is -2.08. The molecule has 0 aliphatic carbocycles. The molecule has 0 radical (unpaired) electrons. The van der Waals surface area contributed by atoms with Crippen LogP contribution in [0.15, 0.2) is 18.2 Å². The number of ether oxygens (including phenoxy) is 1. The molecule has 6 heteroatoms. The van der Waals surface area contributed by atoms with Gasteiger partial charge in [-0.3, -0.25) is 4.79 Å². The zero-order chi connectivity index (χ0) is 15.0. The minimum absolute atomic E-state index is 0.0456. The Kier molecular flexibility index (Phi) is 3.33. The van der Waals surface area contributed by atoms with E-state index in [0.717, 1.165) is 12.0 Å². The van der Waals surface area contributed by atoms with Gasteiger partial charge in [-0.25, -0.2) is 4.79 Å². The third-order valence-electron chi connectivity index (χ3n) is 4.22. The minimum Gasteiger partial charge on any atom is -0.492 e. The van der Waals surface area contributed by atoms with E-state index >= 15 is 0 Å². The van der Waals surface area contributed by atoms with Crippen LogP contribution in [0.25, 0.3) is 0 Å². The van der Waals surface area contributed by atoms with Crippen molar-refractivity contribution in [1.29, 1.82) is 0 Å². The van der Waals surface area contributed by atoms with Crippen molar-refractivity contribution in [1.82, 2.24) is 4.90 Å². The molecular formula is C15H17NO5. The van der Waals surface area contributed by atoms with Gasteiger partial charge in [0.1, 0.15) is 5.75 Å². The SMILES string of the molecule is O=C(c1cccc2c1OCC2)N1CCC(O)(C(=O)O)CC1. The molecule has 1 aromatic carbocycles. The van der Waals surface area contributed by atoms with Crippen LogP contribution < -0.4 is 4.74 Å². The first kappa shape index (κ1) is 13.9. The molecule has 2 N–H and O–H groups in total. The van der Waals surface area contributed by atoms with E-state index in [9.17, 15) is 14.7 Å². The minimum atomic E-state index is -1.72. The molecule has 2 aliphatic rings. The van der Waals surface area contributed by atoms with Gasteiger partial charge in [0.25, 0.3) is 5.91 Å². The molecule has 0 bridgehead atoms. The molecule has 112 valence electrons. The van der Waals surface area contributed by atoms with Crippen LogP contribution in [0.3, 0.4) is 0 Å². The molecular weight excluding hydrogens is 274 g/mol. The van der Waals surface area contributed by atoms with Gasteiger partial charge in [-0.1, -0.05) is 12.1 Å². The van der Waals surface area contributed by atoms with Crippen molar-refractivity contribution in [3.8, 4) is 5.75 Å². The summed E-state index contributed by atoms with van der Waals surface area (Å²) in [6.45, 7) is 1.04. The maximum Gasteiger partial charge on any atom is 0.335 e. The lowest BCUT2D eigenvalue weighted by molar-refractivity contribution is -0.162. The first-order valence-corrected chi connectivity index (χ1v) is 7.01. The predicted octanol–water partition coefficient (Wildman–Crippen LogP) is 0.673. The highest BCUT2D eigenvalue weighted by Crippen LogP contribution is 2.31. The number of carboxylic acids is 1. The lowest BCUT2D eigenvalue weighted by atomic mass is 9.91. The average molecular weight is 291 g/mol. The summed E-state index contributed by atoms with van der Waals surface area (Å²) in [6.07, 6.45) is 0.892. The number of para-hydroxylation sites is 1. The molecule has 2 heterocycles. The molecule has 0 saturated carbocycles. The number of carbonyl (C=O) groups is 2. The predicted molar refractivity (Wildman–Crippen MR) is 73.4 cm³/mol. The Morgan fingerprint density at radius 2 is 1.95 bits per heavy atom. The van der Waals surface area contributed by atoms with Gasteiger partial charge >= 0.3 is 5.97 Å². The molecule has 21 heavy (non-hydrogen) atoms. The van der Waals surface area contributed by atoms with Gasteiger partial charge in [-0.15, -0.1) is 0 Å². The number of likely N-dealkylation sites (tertiary alicyclic amines) is 1. The Morgan fingerprint density at radius 1 is 1.24 bits per heavy atom. The van der Waals surface area contributed by atoms with Crippen LogP contribution in [0.5, 0.6) is 5.75 Å². The summed E-state index contributed by atoms with van der Waals surface area (Å²) >= 11 is 0. The quantitative estimate of drug-likeness (QED) is 0.836. The van der Waals surface area contributed by atoms with Crippen LogP contribution in [0.4, 0.5) is 0 Å². The van der Waals surface area contributed by atoms with Crippen molar-refractivity contribution in [2.45, 2.75) is 24.9 Å². The van der Waals surface area contributed by atoms with Crippen molar-refractivity contribution >= 4 is 11.9 Å². The fourth-order valence-corrected chi connectivity index (χ4v) is 2.85. The lowest BCUT2D eigenvalue weighted by Crippen LogP contribution is -2.50. The standard InChI is InChI=1S/C15H17NO5/c17-13(11-3-1-2-10-4-9-21-12(10)11)16-7-5-15(20,6-8-16)14(18)19/h1-3,20H,4-9H2,(H,18,19). The smallest absolute Gasteiger partial charge is 0.335 e. The van der Waals surface area contributed by atoms with Crippen LogP contribution in [0.1, 0.15) is 28.8 Å².